The van der Waals surface area contributed by atoms with E-state index in [1.54, 1.807) is 7.11 Å². The van der Waals surface area contributed by atoms with Crippen LogP contribution in [0.1, 0.15) is 32.4 Å². The van der Waals surface area contributed by atoms with E-state index >= 15 is 0 Å². The highest BCUT2D eigenvalue weighted by molar-refractivity contribution is 5.76. The molecule has 0 aliphatic heterocycles. The van der Waals surface area contributed by atoms with Crippen LogP contribution in [0.15, 0.2) is 24.3 Å². The number of para-hydroxylation sites is 1. The van der Waals surface area contributed by atoms with Crippen molar-refractivity contribution in [2.45, 2.75) is 32.9 Å². The first-order valence-corrected chi connectivity index (χ1v) is 6.48. The molecule has 4 heteroatoms. The van der Waals surface area contributed by atoms with Crippen LogP contribution < -0.4 is 10.1 Å². The molecule has 0 saturated carbocycles. The Kier molecular flexibility index (Phi) is 5.83. The van der Waals surface area contributed by atoms with Gasteiger partial charge in [0.05, 0.1) is 14.2 Å². The van der Waals surface area contributed by atoms with Crippen LogP contribution in [0.4, 0.5) is 0 Å². The standard InChI is InChI=1S/C15H23NO3/c1-10(2)14(15(17)19-5)16-11(3)12-8-6-7-9-13(12)18-4/h6-11,14,16H,1-5H3. The summed E-state index contributed by atoms with van der Waals surface area (Å²) in [6, 6.07) is 7.46. The molecule has 0 heterocycles. The summed E-state index contributed by atoms with van der Waals surface area (Å²) in [7, 11) is 3.05. The molecule has 0 radical (unpaired) electrons. The number of esters is 1. The van der Waals surface area contributed by atoms with Crippen LogP contribution in [0.2, 0.25) is 0 Å². The summed E-state index contributed by atoms with van der Waals surface area (Å²) in [5, 5.41) is 3.30. The van der Waals surface area contributed by atoms with Crippen molar-refractivity contribution >= 4 is 5.97 Å². The van der Waals surface area contributed by atoms with Gasteiger partial charge in [-0.15, -0.1) is 0 Å². The van der Waals surface area contributed by atoms with Crippen molar-refractivity contribution in [2.24, 2.45) is 5.92 Å². The second-order valence-electron chi connectivity index (χ2n) is 4.88. The predicted octanol–water partition coefficient (Wildman–Crippen LogP) is 2.54. The van der Waals surface area contributed by atoms with E-state index in [1.807, 2.05) is 45.0 Å². The van der Waals surface area contributed by atoms with Crippen molar-refractivity contribution < 1.29 is 14.3 Å². The first-order chi connectivity index (χ1) is 9.01. The fourth-order valence-electron chi connectivity index (χ4n) is 2.04. The summed E-state index contributed by atoms with van der Waals surface area (Å²) < 4.78 is 10.2. The summed E-state index contributed by atoms with van der Waals surface area (Å²) >= 11 is 0. The molecule has 1 aromatic carbocycles. The number of benzene rings is 1. The average molecular weight is 265 g/mol. The second-order valence-corrected chi connectivity index (χ2v) is 4.88. The van der Waals surface area contributed by atoms with Crippen LogP contribution >= 0.6 is 0 Å². The van der Waals surface area contributed by atoms with Gasteiger partial charge in [0.2, 0.25) is 0 Å². The van der Waals surface area contributed by atoms with Crippen LogP contribution in [-0.4, -0.2) is 26.2 Å². The Morgan fingerprint density at radius 3 is 2.32 bits per heavy atom. The van der Waals surface area contributed by atoms with Gasteiger partial charge in [0.1, 0.15) is 11.8 Å². The van der Waals surface area contributed by atoms with Gasteiger partial charge in [0.15, 0.2) is 0 Å². The van der Waals surface area contributed by atoms with Gasteiger partial charge in [-0.05, 0) is 18.9 Å². The van der Waals surface area contributed by atoms with Crippen molar-refractivity contribution in [3.63, 3.8) is 0 Å². The molecule has 4 nitrogen and oxygen atoms in total. The fourth-order valence-corrected chi connectivity index (χ4v) is 2.04. The molecule has 0 bridgehead atoms. The van der Waals surface area contributed by atoms with Crippen molar-refractivity contribution in [3.8, 4) is 5.75 Å². The number of ether oxygens (including phenoxy) is 2. The minimum atomic E-state index is -0.329. The molecule has 0 spiro atoms. The molecular weight excluding hydrogens is 242 g/mol. The maximum absolute atomic E-state index is 11.8. The molecule has 106 valence electrons. The van der Waals surface area contributed by atoms with Gasteiger partial charge in [0.25, 0.3) is 0 Å². The average Bonchev–Trinajstić information content (AvgIpc) is 2.43. The molecule has 19 heavy (non-hydrogen) atoms. The third kappa shape index (κ3) is 3.96. The van der Waals surface area contributed by atoms with E-state index in [0.717, 1.165) is 11.3 Å². The molecule has 0 aromatic heterocycles. The molecule has 0 aliphatic rings. The topological polar surface area (TPSA) is 47.6 Å². The Hall–Kier alpha value is -1.55. The first-order valence-electron chi connectivity index (χ1n) is 6.48. The van der Waals surface area contributed by atoms with E-state index in [9.17, 15) is 4.79 Å². The maximum atomic E-state index is 11.8. The highest BCUT2D eigenvalue weighted by Crippen LogP contribution is 2.25. The zero-order valence-electron chi connectivity index (χ0n) is 12.3. The Labute approximate surface area is 115 Å². The quantitative estimate of drug-likeness (QED) is 0.803. The van der Waals surface area contributed by atoms with Crippen LogP contribution in [-0.2, 0) is 9.53 Å². The number of hydrogen-bond donors (Lipinski definition) is 1. The second kappa shape index (κ2) is 7.14. The molecular formula is C15H23NO3. The lowest BCUT2D eigenvalue weighted by atomic mass is 10.0. The minimum absolute atomic E-state index is 0.00245. The van der Waals surface area contributed by atoms with Crippen LogP contribution in [0.3, 0.4) is 0 Å². The molecule has 1 rings (SSSR count). The van der Waals surface area contributed by atoms with Gasteiger partial charge in [-0.2, -0.15) is 0 Å². The van der Waals surface area contributed by atoms with E-state index in [0.29, 0.717) is 0 Å². The van der Waals surface area contributed by atoms with Crippen LogP contribution in [0.5, 0.6) is 5.75 Å². The van der Waals surface area contributed by atoms with Gasteiger partial charge >= 0.3 is 5.97 Å². The number of rotatable bonds is 6. The summed E-state index contributed by atoms with van der Waals surface area (Å²) in [4.78, 5) is 11.8. The molecule has 0 aliphatic carbocycles. The van der Waals surface area contributed by atoms with Crippen LogP contribution in [0, 0.1) is 5.92 Å². The Balaban J connectivity index is 2.87. The fraction of sp³-hybridized carbons (Fsp3) is 0.533. The molecule has 1 N–H and O–H groups in total. The number of nitrogens with one attached hydrogen (secondary N) is 1. The lowest BCUT2D eigenvalue weighted by Gasteiger charge is -2.25. The zero-order valence-corrected chi connectivity index (χ0v) is 12.3. The molecule has 0 saturated heterocycles. The van der Waals surface area contributed by atoms with Gasteiger partial charge in [0, 0.05) is 11.6 Å². The Morgan fingerprint density at radius 1 is 1.16 bits per heavy atom. The van der Waals surface area contributed by atoms with Gasteiger partial charge in [-0.3, -0.25) is 10.1 Å². The molecule has 1 aromatic rings. The van der Waals surface area contributed by atoms with Crippen LogP contribution in [0.25, 0.3) is 0 Å². The van der Waals surface area contributed by atoms with E-state index in [2.05, 4.69) is 5.32 Å². The van der Waals surface area contributed by atoms with Crippen molar-refractivity contribution in [3.05, 3.63) is 29.8 Å². The minimum Gasteiger partial charge on any atom is -0.496 e. The van der Waals surface area contributed by atoms with E-state index in [-0.39, 0.29) is 24.0 Å². The summed E-state index contributed by atoms with van der Waals surface area (Å²) in [5.74, 6) is 0.733. The SMILES string of the molecule is COC(=O)C(NC(C)c1ccccc1OC)C(C)C. The van der Waals surface area contributed by atoms with Crippen molar-refractivity contribution in [1.29, 1.82) is 0 Å². The van der Waals surface area contributed by atoms with E-state index in [1.165, 1.54) is 7.11 Å². The number of methoxy groups -OCH3 is 2. The smallest absolute Gasteiger partial charge is 0.323 e. The first kappa shape index (κ1) is 15.5. The largest absolute Gasteiger partial charge is 0.496 e. The molecule has 0 amide bonds. The predicted molar refractivity (Wildman–Crippen MR) is 75.2 cm³/mol. The lowest BCUT2D eigenvalue weighted by molar-refractivity contribution is -0.144. The molecule has 2 unspecified atom stereocenters. The normalized spacial score (nSPS) is 14.0. The summed E-state index contributed by atoms with van der Waals surface area (Å²) in [5.41, 5.74) is 1.03. The van der Waals surface area contributed by atoms with E-state index < -0.39 is 0 Å². The van der Waals surface area contributed by atoms with Gasteiger partial charge in [-0.25, -0.2) is 0 Å². The summed E-state index contributed by atoms with van der Waals surface area (Å²) in [6.07, 6.45) is 0. The molecule has 2 atom stereocenters. The number of hydrogen-bond acceptors (Lipinski definition) is 4. The Morgan fingerprint density at radius 2 is 1.79 bits per heavy atom. The van der Waals surface area contributed by atoms with Crippen molar-refractivity contribution in [1.82, 2.24) is 5.32 Å². The van der Waals surface area contributed by atoms with Gasteiger partial charge < -0.3 is 9.47 Å². The molecule has 0 fully saturated rings. The van der Waals surface area contributed by atoms with E-state index in [4.69, 9.17) is 9.47 Å². The number of carbonyl (C=O) groups excluding carboxylic acids is 1. The highest BCUT2D eigenvalue weighted by atomic mass is 16.5. The Bertz CT molecular complexity index is 418. The summed E-state index contributed by atoms with van der Waals surface area (Å²) in [6.45, 7) is 5.99. The zero-order chi connectivity index (χ0) is 14.4. The maximum Gasteiger partial charge on any atom is 0.323 e. The number of carbonyl (C=O) groups is 1. The highest BCUT2D eigenvalue weighted by Gasteiger charge is 2.25. The third-order valence-electron chi connectivity index (χ3n) is 3.16. The van der Waals surface area contributed by atoms with Crippen molar-refractivity contribution in [2.75, 3.05) is 14.2 Å². The lowest BCUT2D eigenvalue weighted by Crippen LogP contribution is -2.43. The monoisotopic (exact) mass is 265 g/mol. The third-order valence-corrected chi connectivity index (χ3v) is 3.16. The van der Waals surface area contributed by atoms with Gasteiger partial charge in [-0.1, -0.05) is 32.0 Å².